The van der Waals surface area contributed by atoms with Crippen molar-refractivity contribution in [2.24, 2.45) is 17.8 Å². The summed E-state index contributed by atoms with van der Waals surface area (Å²) in [4.78, 5) is 42.8. The molecule has 8 atom stereocenters. The Morgan fingerprint density at radius 2 is 1.91 bits per heavy atom. The zero-order chi connectivity index (χ0) is 25.3. The molecule has 2 bridgehead atoms. The number of carbonyl (C=O) groups is 3. The fourth-order valence-electron chi connectivity index (χ4n) is 6.44. The number of rotatable bonds is 10. The Bertz CT molecular complexity index is 940. The summed E-state index contributed by atoms with van der Waals surface area (Å²) < 4.78 is 6.47. The number of aliphatic hydroxyl groups excluding tert-OH is 1. The summed E-state index contributed by atoms with van der Waals surface area (Å²) in [5.41, 5.74) is -0.399. The van der Waals surface area contributed by atoms with Gasteiger partial charge in [0, 0.05) is 11.7 Å². The number of amides is 3. The standard InChI is InChI=1S/C27H39N3O5/c1-5-10-17(4)28-25(33)23-27-14-13-20(35-27)21(24(32)29-18-11-8-7-9-12-18)22(27)26(34)30(23)19(15-31)16(3)6-2/h7-9,11-12,16-17,19-23,31H,5-6,10,13-15H2,1-4H3,(H,28,33)(H,29,32)/t16-,17?,19-,20-,21+,22-,23?,27?/m0/s1. The van der Waals surface area contributed by atoms with Gasteiger partial charge in [0.2, 0.25) is 17.7 Å². The third-order valence-electron chi connectivity index (χ3n) is 8.29. The van der Waals surface area contributed by atoms with Gasteiger partial charge in [-0.2, -0.15) is 0 Å². The summed E-state index contributed by atoms with van der Waals surface area (Å²) in [7, 11) is 0. The number of benzene rings is 1. The molecule has 192 valence electrons. The van der Waals surface area contributed by atoms with Crippen LogP contribution in [0.3, 0.4) is 0 Å². The van der Waals surface area contributed by atoms with Gasteiger partial charge in [-0.05, 0) is 44.2 Å². The largest absolute Gasteiger partial charge is 0.394 e. The van der Waals surface area contributed by atoms with Gasteiger partial charge in [-0.15, -0.1) is 0 Å². The van der Waals surface area contributed by atoms with E-state index in [2.05, 4.69) is 17.6 Å². The molecule has 8 nitrogen and oxygen atoms in total. The number of hydrogen-bond acceptors (Lipinski definition) is 5. The zero-order valence-corrected chi connectivity index (χ0v) is 21.2. The minimum atomic E-state index is -1.06. The second-order valence-corrected chi connectivity index (χ2v) is 10.5. The van der Waals surface area contributed by atoms with Crippen LogP contribution in [0, 0.1) is 17.8 Å². The Hall–Kier alpha value is -2.45. The van der Waals surface area contributed by atoms with Crippen LogP contribution in [0.4, 0.5) is 5.69 Å². The number of fused-ring (bicyclic) bond motifs is 1. The molecule has 3 heterocycles. The Balaban J connectivity index is 1.70. The van der Waals surface area contributed by atoms with Gasteiger partial charge >= 0.3 is 0 Å². The second kappa shape index (κ2) is 10.3. The normalized spacial score (nSPS) is 31.7. The molecule has 0 radical (unpaired) electrons. The van der Waals surface area contributed by atoms with Gasteiger partial charge in [0.15, 0.2) is 0 Å². The second-order valence-electron chi connectivity index (χ2n) is 10.5. The molecule has 3 fully saturated rings. The highest BCUT2D eigenvalue weighted by atomic mass is 16.5. The molecule has 0 aliphatic carbocycles. The van der Waals surface area contributed by atoms with Gasteiger partial charge in [0.05, 0.1) is 30.6 Å². The number of hydrogen-bond donors (Lipinski definition) is 3. The van der Waals surface area contributed by atoms with Crippen molar-refractivity contribution < 1.29 is 24.2 Å². The molecule has 3 aliphatic heterocycles. The molecule has 35 heavy (non-hydrogen) atoms. The SMILES string of the molecule is CCCC(C)NC(=O)C1N([C@@H](CO)[C@@H](C)CC)C(=O)[C@@H]2[C@H](C(=O)Nc3ccccc3)[C@@H]3CCC12O3. The van der Waals surface area contributed by atoms with E-state index in [1.807, 2.05) is 39.0 Å². The van der Waals surface area contributed by atoms with E-state index < -0.39 is 35.6 Å². The third-order valence-corrected chi connectivity index (χ3v) is 8.29. The van der Waals surface area contributed by atoms with E-state index in [9.17, 15) is 19.5 Å². The van der Waals surface area contributed by atoms with E-state index in [1.54, 1.807) is 17.0 Å². The maximum atomic E-state index is 14.1. The summed E-state index contributed by atoms with van der Waals surface area (Å²) in [5, 5.41) is 16.4. The van der Waals surface area contributed by atoms with Crippen molar-refractivity contribution in [3.8, 4) is 0 Å². The number of carbonyl (C=O) groups excluding carboxylic acids is 3. The van der Waals surface area contributed by atoms with Crippen molar-refractivity contribution >= 4 is 23.4 Å². The first-order valence-corrected chi connectivity index (χ1v) is 13.1. The first-order valence-electron chi connectivity index (χ1n) is 13.1. The van der Waals surface area contributed by atoms with Gasteiger partial charge in [0.25, 0.3) is 0 Å². The Kier molecular flexibility index (Phi) is 7.52. The fourth-order valence-corrected chi connectivity index (χ4v) is 6.44. The van der Waals surface area contributed by atoms with Crippen molar-refractivity contribution in [1.82, 2.24) is 10.2 Å². The number of aliphatic hydroxyl groups is 1. The fraction of sp³-hybridized carbons (Fsp3) is 0.667. The molecule has 0 aromatic heterocycles. The van der Waals surface area contributed by atoms with Gasteiger partial charge < -0.3 is 25.4 Å². The van der Waals surface area contributed by atoms with Crippen LogP contribution in [0.15, 0.2) is 30.3 Å². The molecule has 4 rings (SSSR count). The topological polar surface area (TPSA) is 108 Å². The quantitative estimate of drug-likeness (QED) is 0.472. The molecule has 3 amide bonds. The Morgan fingerprint density at radius 1 is 1.20 bits per heavy atom. The number of nitrogens with one attached hydrogen (secondary N) is 2. The van der Waals surface area contributed by atoms with Gasteiger partial charge in [0.1, 0.15) is 11.6 Å². The number of ether oxygens (including phenoxy) is 1. The lowest BCUT2D eigenvalue weighted by Crippen LogP contribution is -2.60. The molecule has 1 aromatic carbocycles. The number of anilines is 1. The third kappa shape index (κ3) is 4.35. The minimum absolute atomic E-state index is 0.0173. The maximum absolute atomic E-state index is 14.1. The maximum Gasteiger partial charge on any atom is 0.246 e. The van der Waals surface area contributed by atoms with Crippen LogP contribution >= 0.6 is 0 Å². The van der Waals surface area contributed by atoms with Crippen molar-refractivity contribution in [2.75, 3.05) is 11.9 Å². The van der Waals surface area contributed by atoms with E-state index in [-0.39, 0.29) is 36.3 Å². The highest BCUT2D eigenvalue weighted by Crippen LogP contribution is 2.59. The molecule has 1 aromatic rings. The average Bonchev–Trinajstić information content (AvgIpc) is 3.48. The van der Waals surface area contributed by atoms with Crippen molar-refractivity contribution in [3.63, 3.8) is 0 Å². The summed E-state index contributed by atoms with van der Waals surface area (Å²) in [5.74, 6) is -2.22. The average molecular weight is 486 g/mol. The molecule has 3 saturated heterocycles. The van der Waals surface area contributed by atoms with E-state index in [0.717, 1.165) is 19.3 Å². The van der Waals surface area contributed by atoms with Crippen LogP contribution in [0.2, 0.25) is 0 Å². The summed E-state index contributed by atoms with van der Waals surface area (Å²) in [6.45, 7) is 7.75. The Labute approximate surface area is 207 Å². The van der Waals surface area contributed by atoms with Crippen LogP contribution in [0.5, 0.6) is 0 Å². The van der Waals surface area contributed by atoms with Gasteiger partial charge in [-0.3, -0.25) is 14.4 Å². The molecule has 8 heteroatoms. The summed E-state index contributed by atoms with van der Waals surface area (Å²) in [6.07, 6.45) is 3.24. The molecule has 3 aliphatic rings. The van der Waals surface area contributed by atoms with Crippen LogP contribution in [-0.2, 0) is 19.1 Å². The molecular weight excluding hydrogens is 446 g/mol. The summed E-state index contributed by atoms with van der Waals surface area (Å²) in [6, 6.07) is 7.72. The zero-order valence-electron chi connectivity index (χ0n) is 21.2. The smallest absolute Gasteiger partial charge is 0.246 e. The predicted octanol–water partition coefficient (Wildman–Crippen LogP) is 2.71. The first-order chi connectivity index (χ1) is 16.8. The van der Waals surface area contributed by atoms with Gasteiger partial charge in [-0.1, -0.05) is 51.8 Å². The highest BCUT2D eigenvalue weighted by molar-refractivity contribution is 6.02. The van der Waals surface area contributed by atoms with E-state index in [4.69, 9.17) is 4.74 Å². The van der Waals surface area contributed by atoms with Gasteiger partial charge in [-0.25, -0.2) is 0 Å². The highest BCUT2D eigenvalue weighted by Gasteiger charge is 2.75. The number of para-hydroxylation sites is 1. The van der Waals surface area contributed by atoms with Crippen LogP contribution in [0.25, 0.3) is 0 Å². The van der Waals surface area contributed by atoms with Crippen LogP contribution in [0.1, 0.15) is 59.8 Å². The first kappa shape index (κ1) is 25.6. The van der Waals surface area contributed by atoms with E-state index in [0.29, 0.717) is 18.5 Å². The van der Waals surface area contributed by atoms with E-state index >= 15 is 0 Å². The van der Waals surface area contributed by atoms with E-state index in [1.165, 1.54) is 0 Å². The summed E-state index contributed by atoms with van der Waals surface area (Å²) >= 11 is 0. The van der Waals surface area contributed by atoms with Crippen molar-refractivity contribution in [2.45, 2.75) is 89.6 Å². The number of likely N-dealkylation sites (tertiary alicyclic amines) is 1. The molecule has 1 spiro atoms. The molecular formula is C27H39N3O5. The predicted molar refractivity (Wildman–Crippen MR) is 132 cm³/mol. The number of nitrogens with zero attached hydrogens (tertiary/aromatic N) is 1. The van der Waals surface area contributed by atoms with Crippen LogP contribution < -0.4 is 10.6 Å². The Morgan fingerprint density at radius 3 is 2.54 bits per heavy atom. The lowest BCUT2D eigenvalue weighted by atomic mass is 9.70. The monoisotopic (exact) mass is 485 g/mol. The molecule has 3 unspecified atom stereocenters. The van der Waals surface area contributed by atoms with Crippen molar-refractivity contribution in [3.05, 3.63) is 30.3 Å². The lowest BCUT2D eigenvalue weighted by molar-refractivity contribution is -0.146. The lowest BCUT2D eigenvalue weighted by Gasteiger charge is -2.39. The molecule has 3 N–H and O–H groups in total. The van der Waals surface area contributed by atoms with Crippen LogP contribution in [-0.4, -0.2) is 64.2 Å². The minimum Gasteiger partial charge on any atom is -0.394 e. The molecule has 0 saturated carbocycles. The van der Waals surface area contributed by atoms with Crippen molar-refractivity contribution in [1.29, 1.82) is 0 Å².